The van der Waals surface area contributed by atoms with Gasteiger partial charge in [0.25, 0.3) is 5.91 Å². The Morgan fingerprint density at radius 3 is 2.64 bits per heavy atom. The molecule has 5 nitrogen and oxygen atoms in total. The average Bonchev–Trinajstić information content (AvgIpc) is 3.13. The molecule has 1 heterocycles. The minimum Gasteiger partial charge on any atom is -0.493 e. The zero-order valence-electron chi connectivity index (χ0n) is 17.9. The number of amidine groups is 1. The van der Waals surface area contributed by atoms with Crippen molar-refractivity contribution in [3.05, 3.63) is 90.9 Å². The van der Waals surface area contributed by atoms with Gasteiger partial charge >= 0.3 is 0 Å². The molecule has 0 saturated carbocycles. The van der Waals surface area contributed by atoms with Gasteiger partial charge in [0.2, 0.25) is 0 Å². The van der Waals surface area contributed by atoms with Gasteiger partial charge in [-0.15, -0.1) is 0 Å². The molecule has 0 aliphatic carbocycles. The summed E-state index contributed by atoms with van der Waals surface area (Å²) in [6.07, 6.45) is 1.82. The number of methoxy groups -OCH3 is 1. The van der Waals surface area contributed by atoms with Crippen LogP contribution in [0.15, 0.2) is 70.6 Å². The van der Waals surface area contributed by atoms with Crippen LogP contribution in [0.3, 0.4) is 0 Å². The fourth-order valence-electron chi connectivity index (χ4n) is 3.10. The fourth-order valence-corrected chi connectivity index (χ4v) is 4.91. The van der Waals surface area contributed by atoms with Crippen molar-refractivity contribution in [1.29, 1.82) is 0 Å². The molecule has 168 valence electrons. The van der Waals surface area contributed by atoms with Gasteiger partial charge in [-0.3, -0.25) is 4.79 Å². The molecule has 0 atom stereocenters. The van der Waals surface area contributed by atoms with Crippen molar-refractivity contribution in [2.75, 3.05) is 7.11 Å². The van der Waals surface area contributed by atoms with Gasteiger partial charge in [0, 0.05) is 10.6 Å². The van der Waals surface area contributed by atoms with Crippen molar-refractivity contribution in [2.24, 2.45) is 4.99 Å². The van der Waals surface area contributed by atoms with Crippen LogP contribution in [0.1, 0.15) is 16.7 Å². The van der Waals surface area contributed by atoms with Crippen LogP contribution >= 0.6 is 46.0 Å². The Hall–Kier alpha value is -2.49. The van der Waals surface area contributed by atoms with Crippen molar-refractivity contribution >= 4 is 68.8 Å². The van der Waals surface area contributed by atoms with Crippen LogP contribution in [0.4, 0.5) is 5.69 Å². The smallest absolute Gasteiger partial charge is 0.264 e. The SMILES string of the molecule is COc1cc(/C=C2\SC(=Nc3ccc(C)cc3)NC2=O)cc(I)c1OCc1ccccc1Cl. The second kappa shape index (κ2) is 10.6. The summed E-state index contributed by atoms with van der Waals surface area (Å²) in [6, 6.07) is 19.2. The van der Waals surface area contributed by atoms with Gasteiger partial charge in [-0.25, -0.2) is 4.99 Å². The minimum atomic E-state index is -0.182. The molecule has 33 heavy (non-hydrogen) atoms. The number of carbonyl (C=O) groups excluding carboxylic acids is 1. The molecular weight excluding hydrogens is 571 g/mol. The number of nitrogens with one attached hydrogen (secondary N) is 1. The zero-order chi connectivity index (χ0) is 23.4. The quantitative estimate of drug-likeness (QED) is 0.255. The molecule has 3 aromatic carbocycles. The lowest BCUT2D eigenvalue weighted by Gasteiger charge is -2.14. The number of carbonyl (C=O) groups is 1. The van der Waals surface area contributed by atoms with E-state index >= 15 is 0 Å². The molecule has 0 bridgehead atoms. The van der Waals surface area contributed by atoms with E-state index in [4.69, 9.17) is 21.1 Å². The molecule has 1 N–H and O–H groups in total. The van der Waals surface area contributed by atoms with Crippen LogP contribution in [-0.4, -0.2) is 18.2 Å². The van der Waals surface area contributed by atoms with E-state index < -0.39 is 0 Å². The van der Waals surface area contributed by atoms with Crippen LogP contribution in [0.5, 0.6) is 11.5 Å². The van der Waals surface area contributed by atoms with Crippen LogP contribution in [-0.2, 0) is 11.4 Å². The fraction of sp³-hybridized carbons (Fsp3) is 0.120. The van der Waals surface area contributed by atoms with E-state index in [2.05, 4.69) is 32.9 Å². The number of benzene rings is 3. The first-order chi connectivity index (χ1) is 15.9. The third-order valence-corrected chi connectivity index (χ3v) is 6.87. The second-order valence-corrected chi connectivity index (χ2v) is 9.83. The third kappa shape index (κ3) is 5.90. The molecule has 1 aliphatic rings. The number of thioether (sulfide) groups is 1. The Kier molecular flexibility index (Phi) is 7.62. The molecule has 0 radical (unpaired) electrons. The first-order valence-corrected chi connectivity index (χ1v) is 12.3. The molecule has 3 aromatic rings. The lowest BCUT2D eigenvalue weighted by Crippen LogP contribution is -2.19. The number of hydrogen-bond acceptors (Lipinski definition) is 5. The number of amides is 1. The third-order valence-electron chi connectivity index (χ3n) is 4.79. The van der Waals surface area contributed by atoms with E-state index in [-0.39, 0.29) is 5.91 Å². The van der Waals surface area contributed by atoms with Crippen LogP contribution in [0, 0.1) is 10.5 Å². The van der Waals surface area contributed by atoms with Gasteiger partial charge in [0.1, 0.15) is 6.61 Å². The highest BCUT2D eigenvalue weighted by molar-refractivity contribution is 14.1. The number of ether oxygens (including phenoxy) is 2. The van der Waals surface area contributed by atoms with Crippen molar-refractivity contribution in [3.8, 4) is 11.5 Å². The molecule has 1 saturated heterocycles. The summed E-state index contributed by atoms with van der Waals surface area (Å²) in [5.41, 5.74) is 3.67. The Balaban J connectivity index is 1.54. The van der Waals surface area contributed by atoms with Gasteiger partial charge in [-0.2, -0.15) is 0 Å². The Labute approximate surface area is 215 Å². The van der Waals surface area contributed by atoms with Crippen molar-refractivity contribution < 1.29 is 14.3 Å². The average molecular weight is 591 g/mol. The summed E-state index contributed by atoms with van der Waals surface area (Å²) in [7, 11) is 1.59. The summed E-state index contributed by atoms with van der Waals surface area (Å²) in [6.45, 7) is 2.34. The second-order valence-electron chi connectivity index (χ2n) is 7.23. The summed E-state index contributed by atoms with van der Waals surface area (Å²) < 4.78 is 12.4. The maximum absolute atomic E-state index is 12.5. The van der Waals surface area contributed by atoms with Crippen LogP contribution in [0.25, 0.3) is 6.08 Å². The molecule has 1 fully saturated rings. The summed E-state index contributed by atoms with van der Waals surface area (Å²) in [4.78, 5) is 17.6. The summed E-state index contributed by atoms with van der Waals surface area (Å²) in [5, 5.41) is 4.03. The van der Waals surface area contributed by atoms with Gasteiger partial charge in [-0.1, -0.05) is 47.5 Å². The molecule has 1 aliphatic heterocycles. The molecular formula is C25H20ClIN2O3S. The highest BCUT2D eigenvalue weighted by Crippen LogP contribution is 2.37. The zero-order valence-corrected chi connectivity index (χ0v) is 21.6. The minimum absolute atomic E-state index is 0.182. The van der Waals surface area contributed by atoms with E-state index in [0.29, 0.717) is 33.2 Å². The van der Waals surface area contributed by atoms with Gasteiger partial charge < -0.3 is 14.8 Å². The van der Waals surface area contributed by atoms with Gasteiger partial charge in [0.15, 0.2) is 16.7 Å². The number of hydrogen-bond donors (Lipinski definition) is 1. The number of aliphatic imine (C=N–C) groups is 1. The predicted molar refractivity (Wildman–Crippen MR) is 143 cm³/mol. The van der Waals surface area contributed by atoms with Crippen molar-refractivity contribution in [1.82, 2.24) is 5.32 Å². The van der Waals surface area contributed by atoms with E-state index in [1.807, 2.05) is 73.7 Å². The first kappa shape index (κ1) is 23.7. The first-order valence-electron chi connectivity index (χ1n) is 10.0. The Morgan fingerprint density at radius 2 is 1.91 bits per heavy atom. The number of rotatable bonds is 6. The Morgan fingerprint density at radius 1 is 1.15 bits per heavy atom. The molecule has 1 amide bonds. The van der Waals surface area contributed by atoms with E-state index in [0.717, 1.165) is 25.9 Å². The standard InChI is InChI=1S/C25H20ClIN2O3S/c1-15-7-9-18(10-8-15)28-25-29-24(30)22(33-25)13-16-11-20(27)23(21(12-16)31-2)32-14-17-5-3-4-6-19(17)26/h3-13H,14H2,1-2H3,(H,28,29,30)/b22-13-. The summed E-state index contributed by atoms with van der Waals surface area (Å²) >= 11 is 9.75. The van der Waals surface area contributed by atoms with Gasteiger partial charge in [-0.05, 0) is 83.2 Å². The normalized spacial score (nSPS) is 15.7. The predicted octanol–water partition coefficient (Wildman–Crippen LogP) is 6.73. The molecule has 0 unspecified atom stereocenters. The van der Waals surface area contributed by atoms with E-state index in [9.17, 15) is 4.79 Å². The van der Waals surface area contributed by atoms with E-state index in [1.54, 1.807) is 7.11 Å². The van der Waals surface area contributed by atoms with E-state index in [1.165, 1.54) is 11.8 Å². The number of nitrogens with zero attached hydrogens (tertiary/aromatic N) is 1. The van der Waals surface area contributed by atoms with Crippen molar-refractivity contribution in [3.63, 3.8) is 0 Å². The van der Waals surface area contributed by atoms with Crippen molar-refractivity contribution in [2.45, 2.75) is 13.5 Å². The Bertz CT molecular complexity index is 1260. The highest BCUT2D eigenvalue weighted by Gasteiger charge is 2.24. The molecule has 4 rings (SSSR count). The lowest BCUT2D eigenvalue weighted by molar-refractivity contribution is -0.115. The van der Waals surface area contributed by atoms with Gasteiger partial charge in [0.05, 0.1) is 21.3 Å². The number of aryl methyl sites for hydroxylation is 1. The maximum atomic E-state index is 12.5. The monoisotopic (exact) mass is 590 g/mol. The largest absolute Gasteiger partial charge is 0.493 e. The topological polar surface area (TPSA) is 59.9 Å². The molecule has 0 aromatic heterocycles. The van der Waals surface area contributed by atoms with Crippen LogP contribution < -0.4 is 14.8 Å². The van der Waals surface area contributed by atoms with Crippen LogP contribution in [0.2, 0.25) is 5.02 Å². The summed E-state index contributed by atoms with van der Waals surface area (Å²) in [5.74, 6) is 1.03. The maximum Gasteiger partial charge on any atom is 0.264 e. The number of halogens is 2. The molecule has 8 heteroatoms. The lowest BCUT2D eigenvalue weighted by atomic mass is 10.2. The highest BCUT2D eigenvalue weighted by atomic mass is 127. The molecule has 0 spiro atoms.